The van der Waals surface area contributed by atoms with E-state index in [0.717, 1.165) is 50.1 Å². The van der Waals surface area contributed by atoms with Crippen molar-refractivity contribution >= 4 is 23.1 Å². The lowest BCUT2D eigenvalue weighted by atomic mass is 10.0. The Bertz CT molecular complexity index is 1660. The highest BCUT2D eigenvalue weighted by Crippen LogP contribution is 2.32. The van der Waals surface area contributed by atoms with Gasteiger partial charge in [-0.25, -0.2) is 23.9 Å². The summed E-state index contributed by atoms with van der Waals surface area (Å²) in [4.78, 5) is 32.6. The standard InChI is InChI=1S/C31H35FN10O/c1-39(2)23-10-16-40(17-11-23)26-18-21(9-13-34-26)29-28(32)31(36-22-6-5-14-41(20-22)27(43)8-12-33)38-30(37-29)24-19-35-42-15-4-3-7-25(24)42/h3-4,7,9,13,15,18-19,22-23H,5-6,8,10-11,14,16-17,20H2,1-2H3,(H,36,37,38)/t22-/m1/s1. The molecule has 6 rings (SSSR count). The molecular weight excluding hydrogens is 547 g/mol. The first kappa shape index (κ1) is 28.5. The second-order valence-corrected chi connectivity index (χ2v) is 11.4. The highest BCUT2D eigenvalue weighted by atomic mass is 19.1. The second kappa shape index (κ2) is 12.3. The fourth-order valence-electron chi connectivity index (χ4n) is 6.01. The minimum atomic E-state index is -0.566. The normalized spacial score (nSPS) is 17.8. The van der Waals surface area contributed by atoms with E-state index in [1.54, 1.807) is 27.9 Å². The van der Waals surface area contributed by atoms with Gasteiger partial charge in [-0.15, -0.1) is 0 Å². The number of nitrogens with one attached hydrogen (secondary N) is 1. The van der Waals surface area contributed by atoms with Crippen molar-refractivity contribution in [1.29, 1.82) is 5.26 Å². The number of hydrogen-bond acceptors (Lipinski definition) is 9. The van der Waals surface area contributed by atoms with Crippen molar-refractivity contribution < 1.29 is 9.18 Å². The zero-order valence-corrected chi connectivity index (χ0v) is 24.4. The molecule has 0 radical (unpaired) electrons. The fraction of sp³-hybridized carbons (Fsp3) is 0.419. The number of carbonyl (C=O) groups excluding carboxylic acids is 1. The number of aromatic nitrogens is 5. The molecule has 0 saturated carbocycles. The van der Waals surface area contributed by atoms with Gasteiger partial charge in [-0.1, -0.05) is 6.07 Å². The van der Waals surface area contributed by atoms with E-state index in [4.69, 9.17) is 10.2 Å². The Labute approximate surface area is 250 Å². The number of pyridine rings is 2. The Balaban J connectivity index is 1.36. The first-order valence-corrected chi connectivity index (χ1v) is 14.7. The van der Waals surface area contributed by atoms with Gasteiger partial charge in [0, 0.05) is 56.2 Å². The number of halogens is 1. The molecule has 0 bridgehead atoms. The van der Waals surface area contributed by atoms with Crippen LogP contribution in [0.1, 0.15) is 32.1 Å². The van der Waals surface area contributed by atoms with E-state index in [2.05, 4.69) is 44.3 Å². The van der Waals surface area contributed by atoms with Gasteiger partial charge in [0.25, 0.3) is 0 Å². The highest BCUT2D eigenvalue weighted by Gasteiger charge is 2.27. The Morgan fingerprint density at radius 2 is 2.00 bits per heavy atom. The number of amides is 1. The molecule has 4 aromatic rings. The molecule has 43 heavy (non-hydrogen) atoms. The molecule has 2 aliphatic rings. The lowest BCUT2D eigenvalue weighted by molar-refractivity contribution is -0.131. The van der Waals surface area contributed by atoms with Crippen LogP contribution in [0.5, 0.6) is 0 Å². The minimum Gasteiger partial charge on any atom is -0.363 e. The van der Waals surface area contributed by atoms with Crippen molar-refractivity contribution in [2.45, 2.75) is 44.2 Å². The van der Waals surface area contributed by atoms with Crippen LogP contribution in [-0.2, 0) is 4.79 Å². The molecular formula is C31H35FN10O. The van der Waals surface area contributed by atoms with Gasteiger partial charge in [0.05, 0.1) is 23.3 Å². The number of hydrogen-bond donors (Lipinski definition) is 1. The van der Waals surface area contributed by atoms with Crippen LogP contribution < -0.4 is 10.2 Å². The van der Waals surface area contributed by atoms with Gasteiger partial charge in [-0.05, 0) is 64.0 Å². The molecule has 0 aliphatic carbocycles. The number of fused-ring (bicyclic) bond motifs is 1. The van der Waals surface area contributed by atoms with Gasteiger partial charge >= 0.3 is 0 Å². The molecule has 1 amide bonds. The summed E-state index contributed by atoms with van der Waals surface area (Å²) in [6, 6.07) is 11.6. The molecule has 2 aliphatic heterocycles. The summed E-state index contributed by atoms with van der Waals surface area (Å²) in [5.41, 5.74) is 2.26. The third-order valence-corrected chi connectivity index (χ3v) is 8.40. The maximum atomic E-state index is 16.4. The summed E-state index contributed by atoms with van der Waals surface area (Å²) < 4.78 is 18.1. The van der Waals surface area contributed by atoms with Crippen LogP contribution in [-0.4, -0.2) is 92.6 Å². The summed E-state index contributed by atoms with van der Waals surface area (Å²) >= 11 is 0. The molecule has 0 aromatic carbocycles. The first-order valence-electron chi connectivity index (χ1n) is 14.7. The maximum absolute atomic E-state index is 16.4. The fourth-order valence-corrected chi connectivity index (χ4v) is 6.01. The van der Waals surface area contributed by atoms with Gasteiger partial charge in [0.15, 0.2) is 17.5 Å². The monoisotopic (exact) mass is 582 g/mol. The zero-order valence-electron chi connectivity index (χ0n) is 24.4. The Kier molecular flexibility index (Phi) is 8.16. The molecule has 1 N–H and O–H groups in total. The summed E-state index contributed by atoms with van der Waals surface area (Å²) in [5, 5.41) is 16.7. The number of likely N-dealkylation sites (tertiary alicyclic amines) is 1. The van der Waals surface area contributed by atoms with Crippen molar-refractivity contribution in [3.05, 3.63) is 54.7 Å². The average Bonchev–Trinajstić information content (AvgIpc) is 3.47. The Morgan fingerprint density at radius 3 is 2.79 bits per heavy atom. The van der Waals surface area contributed by atoms with Crippen LogP contribution in [0.3, 0.4) is 0 Å². The van der Waals surface area contributed by atoms with E-state index in [1.165, 1.54) is 0 Å². The predicted octanol–water partition coefficient (Wildman–Crippen LogP) is 3.84. The van der Waals surface area contributed by atoms with Crippen LogP contribution in [0.15, 0.2) is 48.9 Å². The first-order chi connectivity index (χ1) is 20.9. The molecule has 222 valence electrons. The number of nitrogens with zero attached hydrogens (tertiary/aromatic N) is 9. The van der Waals surface area contributed by atoms with Crippen LogP contribution in [0, 0.1) is 17.1 Å². The largest absolute Gasteiger partial charge is 0.363 e. The molecule has 0 unspecified atom stereocenters. The Hall–Kier alpha value is -4.63. The summed E-state index contributed by atoms with van der Waals surface area (Å²) in [6.07, 6.45) is 8.60. The predicted molar refractivity (Wildman–Crippen MR) is 162 cm³/mol. The van der Waals surface area contributed by atoms with Gasteiger partial charge < -0.3 is 20.0 Å². The van der Waals surface area contributed by atoms with Crippen molar-refractivity contribution in [2.75, 3.05) is 50.5 Å². The topological polar surface area (TPSA) is 119 Å². The lowest BCUT2D eigenvalue weighted by Gasteiger charge is -2.35. The summed E-state index contributed by atoms with van der Waals surface area (Å²) in [7, 11) is 4.22. The molecule has 2 saturated heterocycles. The third-order valence-electron chi connectivity index (χ3n) is 8.40. The van der Waals surface area contributed by atoms with Crippen LogP contribution in [0.25, 0.3) is 28.2 Å². The van der Waals surface area contributed by atoms with Crippen molar-refractivity contribution in [2.24, 2.45) is 0 Å². The van der Waals surface area contributed by atoms with Crippen LogP contribution in [0.2, 0.25) is 0 Å². The minimum absolute atomic E-state index is 0.0695. The molecule has 0 spiro atoms. The van der Waals surface area contributed by atoms with E-state index >= 15 is 4.39 Å². The molecule has 6 heterocycles. The number of anilines is 2. The van der Waals surface area contributed by atoms with Gasteiger partial charge in [0.2, 0.25) is 5.91 Å². The molecule has 4 aromatic heterocycles. The third kappa shape index (κ3) is 5.99. The van der Waals surface area contributed by atoms with Crippen molar-refractivity contribution in [3.63, 3.8) is 0 Å². The second-order valence-electron chi connectivity index (χ2n) is 11.4. The number of rotatable bonds is 7. The van der Waals surface area contributed by atoms with E-state index in [0.29, 0.717) is 36.1 Å². The van der Waals surface area contributed by atoms with Crippen molar-refractivity contribution in [1.82, 2.24) is 34.4 Å². The lowest BCUT2D eigenvalue weighted by Crippen LogP contribution is -2.45. The van der Waals surface area contributed by atoms with E-state index < -0.39 is 5.82 Å². The number of carbonyl (C=O) groups is 1. The van der Waals surface area contributed by atoms with Crippen LogP contribution >= 0.6 is 0 Å². The average molecular weight is 583 g/mol. The van der Waals surface area contributed by atoms with Gasteiger partial charge in [-0.3, -0.25) is 4.79 Å². The van der Waals surface area contributed by atoms with Crippen LogP contribution in [0.4, 0.5) is 16.0 Å². The number of piperidine rings is 2. The Morgan fingerprint density at radius 1 is 1.16 bits per heavy atom. The van der Waals surface area contributed by atoms with Crippen molar-refractivity contribution in [3.8, 4) is 28.7 Å². The van der Waals surface area contributed by atoms with E-state index in [-0.39, 0.29) is 29.9 Å². The maximum Gasteiger partial charge on any atom is 0.236 e. The summed E-state index contributed by atoms with van der Waals surface area (Å²) in [5.74, 6) is 0.421. The summed E-state index contributed by atoms with van der Waals surface area (Å²) in [6.45, 7) is 2.69. The smallest absolute Gasteiger partial charge is 0.236 e. The SMILES string of the molecule is CN(C)C1CCN(c2cc(-c3nc(-c4cnn5ccccc45)nc(N[C@@H]4CCCN(C(=O)CC#N)C4)c3F)ccn2)CC1. The van der Waals surface area contributed by atoms with Gasteiger partial charge in [-0.2, -0.15) is 10.4 Å². The van der Waals surface area contributed by atoms with E-state index in [1.807, 2.05) is 36.5 Å². The number of nitriles is 1. The zero-order chi connectivity index (χ0) is 29.9. The molecule has 2 fully saturated rings. The molecule has 12 heteroatoms. The van der Waals surface area contributed by atoms with E-state index in [9.17, 15) is 4.79 Å². The van der Waals surface area contributed by atoms with Gasteiger partial charge in [0.1, 0.15) is 17.9 Å². The molecule has 1 atom stereocenters. The highest BCUT2D eigenvalue weighted by molar-refractivity contribution is 5.79. The quantitative estimate of drug-likeness (QED) is 0.347. The molecule has 11 nitrogen and oxygen atoms in total.